The Balaban J connectivity index is 1.69. The lowest BCUT2D eigenvalue weighted by Gasteiger charge is -2.61. The van der Waals surface area contributed by atoms with Crippen molar-refractivity contribution < 1.29 is 9.53 Å². The first-order valence-electron chi connectivity index (χ1n) is 7.03. The fourth-order valence-electron chi connectivity index (χ4n) is 4.10. The van der Waals surface area contributed by atoms with Gasteiger partial charge >= 0.3 is 5.97 Å². The Morgan fingerprint density at radius 1 is 1.47 bits per heavy atom. The third kappa shape index (κ3) is 1.41. The fourth-order valence-corrected chi connectivity index (χ4v) is 5.13. The summed E-state index contributed by atoms with van der Waals surface area (Å²) in [4.78, 5) is 15.5. The Bertz CT molecular complexity index is 502. The first kappa shape index (κ1) is 12.0. The smallest absolute Gasteiger partial charge is 0.332 e. The summed E-state index contributed by atoms with van der Waals surface area (Å²) in [5.41, 5.74) is 6.37. The van der Waals surface area contributed by atoms with Gasteiger partial charge in [0.25, 0.3) is 0 Å². The molecular weight excluding hydrogens is 260 g/mol. The molecule has 4 nitrogen and oxygen atoms in total. The molecule has 4 aliphatic rings. The van der Waals surface area contributed by atoms with E-state index in [0.29, 0.717) is 12.6 Å². The Hall–Kier alpha value is -0.780. The summed E-state index contributed by atoms with van der Waals surface area (Å²) in [6.45, 7) is 1.81. The van der Waals surface area contributed by atoms with Gasteiger partial charge in [0, 0.05) is 28.9 Å². The van der Waals surface area contributed by atoms with Crippen molar-refractivity contribution in [1.82, 2.24) is 4.90 Å². The highest BCUT2D eigenvalue weighted by molar-refractivity contribution is 8.03. The highest BCUT2D eigenvalue weighted by Gasteiger charge is 2.70. The number of hydrogen-bond donors (Lipinski definition) is 1. The molecule has 0 aromatic heterocycles. The van der Waals surface area contributed by atoms with E-state index in [1.165, 1.54) is 17.7 Å². The third-order valence-corrected chi connectivity index (χ3v) is 5.84. The summed E-state index contributed by atoms with van der Waals surface area (Å²) in [7, 11) is 0. The Labute approximate surface area is 117 Å². The second kappa shape index (κ2) is 4.11. The Morgan fingerprint density at radius 2 is 2.37 bits per heavy atom. The molecule has 2 fully saturated rings. The molecular formula is C14H18N2O2S. The van der Waals surface area contributed by atoms with Crippen molar-refractivity contribution in [3.05, 3.63) is 22.6 Å². The molecule has 0 bridgehead atoms. The Morgan fingerprint density at radius 3 is 3.21 bits per heavy atom. The molecule has 0 saturated carbocycles. The van der Waals surface area contributed by atoms with E-state index in [2.05, 4.69) is 11.0 Å². The van der Waals surface area contributed by atoms with Crippen LogP contribution < -0.4 is 5.73 Å². The van der Waals surface area contributed by atoms with Gasteiger partial charge in [-0.3, -0.25) is 4.90 Å². The van der Waals surface area contributed by atoms with E-state index in [-0.39, 0.29) is 17.6 Å². The predicted molar refractivity (Wildman–Crippen MR) is 74.6 cm³/mol. The van der Waals surface area contributed by atoms with Crippen LogP contribution in [-0.2, 0) is 9.53 Å². The Kier molecular flexibility index (Phi) is 2.59. The minimum Gasteiger partial charge on any atom is -0.447 e. The van der Waals surface area contributed by atoms with Crippen molar-refractivity contribution in [3.8, 4) is 0 Å². The molecule has 0 aromatic carbocycles. The summed E-state index contributed by atoms with van der Waals surface area (Å²) in [5.74, 6) is 0.766. The minimum absolute atomic E-state index is 0.163. The van der Waals surface area contributed by atoms with Crippen molar-refractivity contribution in [2.75, 3.05) is 18.8 Å². The zero-order valence-electron chi connectivity index (χ0n) is 10.8. The fraction of sp³-hybridized carbons (Fsp3) is 0.643. The summed E-state index contributed by atoms with van der Waals surface area (Å²) in [5, 5.41) is 0. The van der Waals surface area contributed by atoms with E-state index >= 15 is 0 Å². The standard InChI is InChI=1S/C14H18N2O2S/c15-4-6-19-10-7-9-8-12(17)18-14(9)11-3-1-2-5-16(11)13(10)14/h7-8,11,13H,1-6,15H2/t11-,13?,14+/m1/s1. The van der Waals surface area contributed by atoms with E-state index < -0.39 is 0 Å². The van der Waals surface area contributed by atoms with Crippen molar-refractivity contribution in [1.29, 1.82) is 0 Å². The number of ether oxygens (including phenoxy) is 1. The van der Waals surface area contributed by atoms with Crippen molar-refractivity contribution in [3.63, 3.8) is 0 Å². The average Bonchev–Trinajstić information content (AvgIpc) is 2.85. The lowest BCUT2D eigenvalue weighted by Crippen LogP contribution is -2.76. The number of piperidine rings is 1. The zero-order valence-corrected chi connectivity index (χ0v) is 11.6. The van der Waals surface area contributed by atoms with Gasteiger partial charge < -0.3 is 10.5 Å². The number of fused-ring (bicyclic) bond motifs is 2. The largest absolute Gasteiger partial charge is 0.447 e. The molecule has 3 aliphatic heterocycles. The van der Waals surface area contributed by atoms with Crippen LogP contribution in [0.25, 0.3) is 0 Å². The maximum absolute atomic E-state index is 11.7. The van der Waals surface area contributed by atoms with Gasteiger partial charge in [-0.2, -0.15) is 0 Å². The summed E-state index contributed by atoms with van der Waals surface area (Å²) in [6, 6.07) is 0.670. The normalized spacial score (nSPS) is 39.7. The monoisotopic (exact) mass is 278 g/mol. The number of carbonyl (C=O) groups is 1. The van der Waals surface area contributed by atoms with Gasteiger partial charge in [-0.25, -0.2) is 4.79 Å². The molecule has 1 unspecified atom stereocenters. The molecule has 2 saturated heterocycles. The van der Waals surface area contributed by atoms with Crippen LogP contribution in [0.15, 0.2) is 22.6 Å². The molecule has 102 valence electrons. The minimum atomic E-state index is -0.339. The number of thioether (sulfide) groups is 1. The zero-order chi connectivity index (χ0) is 13.0. The van der Waals surface area contributed by atoms with E-state index in [1.807, 2.05) is 11.8 Å². The van der Waals surface area contributed by atoms with Crippen molar-refractivity contribution in [2.45, 2.75) is 36.9 Å². The lowest BCUT2D eigenvalue weighted by molar-refractivity contribution is -0.195. The highest BCUT2D eigenvalue weighted by atomic mass is 32.2. The lowest BCUT2D eigenvalue weighted by atomic mass is 9.70. The summed E-state index contributed by atoms with van der Waals surface area (Å²) in [6.07, 6.45) is 7.50. The van der Waals surface area contributed by atoms with Gasteiger partial charge in [-0.15, -0.1) is 11.8 Å². The van der Waals surface area contributed by atoms with Gasteiger partial charge in [-0.05, 0) is 25.5 Å². The van der Waals surface area contributed by atoms with Crippen LogP contribution in [0.3, 0.4) is 0 Å². The SMILES string of the molecule is NCCSC1=CC2=CC(=O)O[C@@]23C1N1CCCC[C@@H]13. The number of rotatable bonds is 3. The molecule has 3 heterocycles. The predicted octanol–water partition coefficient (Wildman–Crippen LogP) is 1.03. The molecule has 1 spiro atoms. The number of nitrogens with two attached hydrogens (primary N) is 1. The number of esters is 1. The topological polar surface area (TPSA) is 55.6 Å². The van der Waals surface area contributed by atoms with Gasteiger partial charge in [0.1, 0.15) is 0 Å². The van der Waals surface area contributed by atoms with E-state index in [4.69, 9.17) is 10.5 Å². The van der Waals surface area contributed by atoms with Crippen LogP contribution in [0.5, 0.6) is 0 Å². The summed E-state index contributed by atoms with van der Waals surface area (Å²) < 4.78 is 5.78. The average molecular weight is 278 g/mol. The van der Waals surface area contributed by atoms with Crippen LogP contribution in [-0.4, -0.2) is 47.4 Å². The van der Waals surface area contributed by atoms with Crippen molar-refractivity contribution in [2.24, 2.45) is 5.73 Å². The second-order valence-corrected chi connectivity index (χ2v) is 6.82. The van der Waals surface area contributed by atoms with Crippen LogP contribution >= 0.6 is 11.8 Å². The van der Waals surface area contributed by atoms with Crippen LogP contribution in [0.4, 0.5) is 0 Å². The van der Waals surface area contributed by atoms with E-state index in [1.54, 1.807) is 6.08 Å². The number of carbonyl (C=O) groups excluding carboxylic acids is 1. The summed E-state index contributed by atoms with van der Waals surface area (Å²) >= 11 is 1.82. The van der Waals surface area contributed by atoms with Crippen LogP contribution in [0.1, 0.15) is 19.3 Å². The quantitative estimate of drug-likeness (QED) is 0.782. The van der Waals surface area contributed by atoms with Gasteiger partial charge in [0.15, 0.2) is 5.60 Å². The number of hydrogen-bond acceptors (Lipinski definition) is 5. The molecule has 0 radical (unpaired) electrons. The maximum atomic E-state index is 11.7. The van der Waals surface area contributed by atoms with E-state index in [0.717, 1.165) is 24.3 Å². The first-order valence-corrected chi connectivity index (χ1v) is 8.01. The van der Waals surface area contributed by atoms with Gasteiger partial charge in [0.2, 0.25) is 0 Å². The molecule has 0 aromatic rings. The highest BCUT2D eigenvalue weighted by Crippen LogP contribution is 2.59. The molecule has 3 atom stereocenters. The second-order valence-electron chi connectivity index (χ2n) is 5.65. The maximum Gasteiger partial charge on any atom is 0.332 e. The molecule has 4 rings (SSSR count). The van der Waals surface area contributed by atoms with Gasteiger partial charge in [0.05, 0.1) is 12.1 Å². The first-order chi connectivity index (χ1) is 9.27. The molecule has 5 heteroatoms. The van der Waals surface area contributed by atoms with Crippen LogP contribution in [0, 0.1) is 0 Å². The van der Waals surface area contributed by atoms with Crippen molar-refractivity contribution >= 4 is 17.7 Å². The number of nitrogens with zero attached hydrogens (tertiary/aromatic N) is 1. The van der Waals surface area contributed by atoms with E-state index in [9.17, 15) is 4.79 Å². The molecule has 1 aliphatic carbocycles. The third-order valence-electron chi connectivity index (χ3n) is 4.72. The molecule has 2 N–H and O–H groups in total. The van der Waals surface area contributed by atoms with Gasteiger partial charge in [-0.1, -0.05) is 6.42 Å². The molecule has 19 heavy (non-hydrogen) atoms. The molecule has 0 amide bonds. The van der Waals surface area contributed by atoms with Crippen LogP contribution in [0.2, 0.25) is 0 Å².